The molecular weight excluding hydrogens is 438 g/mol. The van der Waals surface area contributed by atoms with Gasteiger partial charge < -0.3 is 15.7 Å². The molecule has 0 aliphatic carbocycles. The molecular formula is C26H43NO5S. The molecule has 0 bridgehead atoms. The first-order valence-corrected chi connectivity index (χ1v) is 12.6. The lowest BCUT2D eigenvalue weighted by Gasteiger charge is -2.21. The lowest BCUT2D eigenvalue weighted by molar-refractivity contribution is -0.141. The molecule has 1 aliphatic rings. The molecule has 0 aromatic heterocycles. The van der Waals surface area contributed by atoms with Gasteiger partial charge >= 0.3 is 5.97 Å². The molecule has 5 atom stereocenters. The first kappa shape index (κ1) is 31.3. The number of rotatable bonds is 14. The van der Waals surface area contributed by atoms with E-state index in [0.717, 1.165) is 25.0 Å². The van der Waals surface area contributed by atoms with Crippen LogP contribution < -0.4 is 0 Å². The second-order valence-corrected chi connectivity index (χ2v) is 10.4. The third-order valence-electron chi connectivity index (χ3n) is 5.84. The second-order valence-electron chi connectivity index (χ2n) is 9.23. The quantitative estimate of drug-likeness (QED) is 0.338. The maximum atomic E-state index is 12.5. The van der Waals surface area contributed by atoms with E-state index in [4.69, 9.17) is 5.11 Å². The van der Waals surface area contributed by atoms with E-state index in [1.54, 1.807) is 6.92 Å². The first-order chi connectivity index (χ1) is 15.0. The Kier molecular flexibility index (Phi) is 15.2. The van der Waals surface area contributed by atoms with Gasteiger partial charge in [0, 0.05) is 17.6 Å². The van der Waals surface area contributed by atoms with Gasteiger partial charge in [-0.25, -0.2) is 0 Å². The minimum absolute atomic E-state index is 0. The number of carbonyl (C=O) groups is 2. The van der Waals surface area contributed by atoms with Crippen LogP contribution in [-0.4, -0.2) is 50.4 Å². The number of Topliss-reactive ketones (excluding diaryl/α,β-unsaturated/α-hetero) is 1. The van der Waals surface area contributed by atoms with E-state index in [1.807, 2.05) is 18.7 Å². The highest BCUT2D eigenvalue weighted by atomic mass is 32.2. The first-order valence-electron chi connectivity index (χ1n) is 11.6. The number of carbonyl (C=O) groups excluding carboxylic acids is 1. The van der Waals surface area contributed by atoms with Gasteiger partial charge in [-0.1, -0.05) is 56.2 Å². The second kappa shape index (κ2) is 16.0. The van der Waals surface area contributed by atoms with Crippen LogP contribution in [-0.2, 0) is 9.59 Å². The monoisotopic (exact) mass is 481 g/mol. The highest BCUT2D eigenvalue weighted by Crippen LogP contribution is 2.22. The number of aliphatic imine (C=N–C) groups is 1. The molecule has 5 unspecified atom stereocenters. The molecule has 7 heteroatoms. The number of carboxylic acids is 1. The molecule has 4 N–H and O–H groups in total. The predicted molar refractivity (Wildman–Crippen MR) is 139 cm³/mol. The number of aliphatic hydroxyl groups excluding tert-OH is 1. The molecule has 0 aromatic rings. The molecule has 0 radical (unpaired) electrons. The lowest BCUT2D eigenvalue weighted by Crippen LogP contribution is -2.32. The number of hydrogen-bond donors (Lipinski definition) is 2. The standard InChI is InChI=1S/C26H41NO4S.H2O/c1-17(10-8-12-19(3)14-23-16-32-22(6)27-23)9-7-11-18(2)13-20(4)26(31)21(5)24(28)15-25(29)30;/h7,10-11,14,18,20-21,23-24,28H,8-9,12-13,15-16H2,1-6H3,(H,29,30);1H2/b11-7+,17-10-,19-14+;. The van der Waals surface area contributed by atoms with Crippen LogP contribution in [0.25, 0.3) is 0 Å². The van der Waals surface area contributed by atoms with Crippen molar-refractivity contribution in [3.8, 4) is 0 Å². The SMILES string of the molecule is CC1=NC(/C=C(\C)CC/C=C(/C)C/C=C/C(C)CC(C)C(=O)C(C)C(O)CC(=O)O)CS1.O. The summed E-state index contributed by atoms with van der Waals surface area (Å²) in [5, 5.41) is 19.9. The number of ketones is 1. The van der Waals surface area contributed by atoms with Crippen molar-refractivity contribution < 1.29 is 25.3 Å². The Morgan fingerprint density at radius 3 is 2.45 bits per heavy atom. The number of aliphatic carboxylic acids is 1. The molecule has 0 saturated heterocycles. The van der Waals surface area contributed by atoms with Crippen LogP contribution in [0, 0.1) is 17.8 Å². The van der Waals surface area contributed by atoms with Crippen LogP contribution in [0.15, 0.2) is 40.4 Å². The molecule has 1 heterocycles. The number of aliphatic hydroxyl groups is 1. The Labute approximate surface area is 203 Å². The van der Waals surface area contributed by atoms with Crippen molar-refractivity contribution in [3.63, 3.8) is 0 Å². The molecule has 1 rings (SSSR count). The van der Waals surface area contributed by atoms with Crippen LogP contribution in [0.3, 0.4) is 0 Å². The normalized spacial score (nSPS) is 20.7. The molecule has 0 spiro atoms. The van der Waals surface area contributed by atoms with Gasteiger partial charge in [-0.15, -0.1) is 11.8 Å². The lowest BCUT2D eigenvalue weighted by atomic mass is 9.85. The summed E-state index contributed by atoms with van der Waals surface area (Å²) >= 11 is 1.83. The van der Waals surface area contributed by atoms with E-state index < -0.39 is 24.4 Å². The summed E-state index contributed by atoms with van der Waals surface area (Å²) in [6, 6.07) is 0.340. The molecule has 33 heavy (non-hydrogen) atoms. The van der Waals surface area contributed by atoms with Gasteiger partial charge in [0.05, 0.1) is 23.6 Å². The zero-order chi connectivity index (χ0) is 24.3. The summed E-state index contributed by atoms with van der Waals surface area (Å²) in [7, 11) is 0. The molecule has 0 aromatic carbocycles. The molecule has 0 saturated carbocycles. The maximum absolute atomic E-state index is 12.5. The Morgan fingerprint density at radius 1 is 1.21 bits per heavy atom. The van der Waals surface area contributed by atoms with Crippen LogP contribution in [0.2, 0.25) is 0 Å². The van der Waals surface area contributed by atoms with Crippen LogP contribution >= 0.6 is 11.8 Å². The van der Waals surface area contributed by atoms with Crippen molar-refractivity contribution in [2.24, 2.45) is 22.7 Å². The third kappa shape index (κ3) is 12.9. The zero-order valence-electron chi connectivity index (χ0n) is 21.0. The number of allylic oxidation sites excluding steroid dienone is 5. The Bertz CT molecular complexity index is 756. The zero-order valence-corrected chi connectivity index (χ0v) is 21.8. The average molecular weight is 482 g/mol. The van der Waals surface area contributed by atoms with E-state index >= 15 is 0 Å². The fourth-order valence-electron chi connectivity index (χ4n) is 3.87. The van der Waals surface area contributed by atoms with Crippen molar-refractivity contribution in [1.82, 2.24) is 0 Å². The van der Waals surface area contributed by atoms with Crippen LogP contribution in [0.4, 0.5) is 0 Å². The summed E-state index contributed by atoms with van der Waals surface area (Å²) < 4.78 is 0. The Hall–Kier alpha value is -1.70. The summed E-state index contributed by atoms with van der Waals surface area (Å²) in [6.45, 7) is 11.9. The van der Waals surface area contributed by atoms with E-state index in [1.165, 1.54) is 16.2 Å². The van der Waals surface area contributed by atoms with Crippen molar-refractivity contribution >= 4 is 28.6 Å². The summed E-state index contributed by atoms with van der Waals surface area (Å²) in [4.78, 5) is 27.8. The summed E-state index contributed by atoms with van der Waals surface area (Å²) in [6.07, 6.45) is 11.0. The minimum Gasteiger partial charge on any atom is -0.481 e. The summed E-state index contributed by atoms with van der Waals surface area (Å²) in [5.74, 6) is -0.742. The highest BCUT2D eigenvalue weighted by molar-refractivity contribution is 8.14. The average Bonchev–Trinajstić information content (AvgIpc) is 3.10. The largest absolute Gasteiger partial charge is 0.481 e. The number of carboxylic acid groups (broad SMARTS) is 1. The highest BCUT2D eigenvalue weighted by Gasteiger charge is 2.28. The van der Waals surface area contributed by atoms with Crippen molar-refractivity contribution in [1.29, 1.82) is 0 Å². The van der Waals surface area contributed by atoms with E-state index in [0.29, 0.717) is 12.5 Å². The van der Waals surface area contributed by atoms with Crippen molar-refractivity contribution in [3.05, 3.63) is 35.5 Å². The van der Waals surface area contributed by atoms with E-state index in [-0.39, 0.29) is 23.1 Å². The topological polar surface area (TPSA) is 118 Å². The molecule has 188 valence electrons. The fraction of sp³-hybridized carbons (Fsp3) is 0.654. The third-order valence-corrected chi connectivity index (χ3v) is 6.88. The van der Waals surface area contributed by atoms with Gasteiger partial charge in [0.1, 0.15) is 5.78 Å². The van der Waals surface area contributed by atoms with Crippen molar-refractivity contribution in [2.45, 2.75) is 85.8 Å². The number of nitrogens with zero attached hydrogens (tertiary/aromatic N) is 1. The fourth-order valence-corrected chi connectivity index (χ4v) is 4.67. The van der Waals surface area contributed by atoms with Gasteiger partial charge in [-0.05, 0) is 52.4 Å². The van der Waals surface area contributed by atoms with Gasteiger partial charge in [0.15, 0.2) is 0 Å². The number of thioether (sulfide) groups is 1. The Morgan fingerprint density at radius 2 is 1.88 bits per heavy atom. The maximum Gasteiger partial charge on any atom is 0.305 e. The van der Waals surface area contributed by atoms with Gasteiger partial charge in [0.2, 0.25) is 0 Å². The van der Waals surface area contributed by atoms with Gasteiger partial charge in [0.25, 0.3) is 0 Å². The van der Waals surface area contributed by atoms with Gasteiger partial charge in [-0.2, -0.15) is 0 Å². The van der Waals surface area contributed by atoms with Crippen LogP contribution in [0.1, 0.15) is 73.6 Å². The smallest absolute Gasteiger partial charge is 0.305 e. The summed E-state index contributed by atoms with van der Waals surface area (Å²) in [5.41, 5.74) is 2.73. The Balaban J connectivity index is 0.0000102. The molecule has 0 amide bonds. The van der Waals surface area contributed by atoms with E-state index in [2.05, 4.69) is 57.0 Å². The van der Waals surface area contributed by atoms with Crippen LogP contribution in [0.5, 0.6) is 0 Å². The molecule has 1 aliphatic heterocycles. The van der Waals surface area contributed by atoms with Gasteiger partial charge in [-0.3, -0.25) is 14.6 Å². The van der Waals surface area contributed by atoms with E-state index in [9.17, 15) is 14.7 Å². The predicted octanol–water partition coefficient (Wildman–Crippen LogP) is 5.02. The minimum atomic E-state index is -1.13. The molecule has 6 nitrogen and oxygen atoms in total. The van der Waals surface area contributed by atoms with Crippen molar-refractivity contribution in [2.75, 3.05) is 5.75 Å². The molecule has 0 fully saturated rings. The number of hydrogen-bond acceptors (Lipinski definition) is 5.